The highest BCUT2D eigenvalue weighted by Gasteiger charge is 2.26. The second-order valence-electron chi connectivity index (χ2n) is 9.51. The van der Waals surface area contributed by atoms with Gasteiger partial charge >= 0.3 is 0 Å². The number of benzene rings is 3. The van der Waals surface area contributed by atoms with Crippen molar-refractivity contribution in [3.05, 3.63) is 108 Å². The van der Waals surface area contributed by atoms with Crippen LogP contribution in [0.4, 0.5) is 0 Å². The highest BCUT2D eigenvalue weighted by atomic mass is 16.5. The molecule has 37 heavy (non-hydrogen) atoms. The summed E-state index contributed by atoms with van der Waals surface area (Å²) in [4.78, 5) is 9.79. The van der Waals surface area contributed by atoms with Crippen LogP contribution in [0.3, 0.4) is 0 Å². The minimum Gasteiger partial charge on any atom is -0.497 e. The average molecular weight is 497 g/mol. The summed E-state index contributed by atoms with van der Waals surface area (Å²) in [5.41, 5.74) is 4.61. The maximum absolute atomic E-state index is 5.92. The number of aryl methyl sites for hydroxylation is 1. The summed E-state index contributed by atoms with van der Waals surface area (Å²) in [7, 11) is 1.68. The van der Waals surface area contributed by atoms with Crippen LogP contribution in [0.25, 0.3) is 11.3 Å². The first-order valence-corrected chi connectivity index (χ1v) is 13.1. The Hall–Kier alpha value is -3.45. The fraction of sp³-hybridized carbons (Fsp3) is 0.323. The third-order valence-corrected chi connectivity index (χ3v) is 7.04. The zero-order valence-electron chi connectivity index (χ0n) is 21.8. The molecule has 1 N–H and O–H groups in total. The fourth-order valence-electron chi connectivity index (χ4n) is 5.15. The number of aromatic nitrogens is 1. The topological polar surface area (TPSA) is 53.8 Å². The van der Waals surface area contributed by atoms with Crippen molar-refractivity contribution in [2.24, 2.45) is 0 Å². The fourth-order valence-corrected chi connectivity index (χ4v) is 5.15. The second kappa shape index (κ2) is 12.2. The molecule has 1 aliphatic heterocycles. The van der Waals surface area contributed by atoms with Gasteiger partial charge in [-0.1, -0.05) is 72.8 Å². The molecule has 0 spiro atoms. The highest BCUT2D eigenvalue weighted by molar-refractivity contribution is 5.63. The number of piperazine rings is 1. The number of oxazole rings is 1. The number of rotatable bonds is 10. The van der Waals surface area contributed by atoms with E-state index in [0.717, 1.165) is 62.0 Å². The molecule has 1 aromatic heterocycles. The molecule has 0 atom stereocenters. The van der Waals surface area contributed by atoms with Gasteiger partial charge in [-0.15, -0.1) is 0 Å². The van der Waals surface area contributed by atoms with Gasteiger partial charge in [0.05, 0.1) is 19.7 Å². The van der Waals surface area contributed by atoms with Crippen molar-refractivity contribution in [1.82, 2.24) is 20.1 Å². The van der Waals surface area contributed by atoms with Gasteiger partial charge in [0.15, 0.2) is 5.89 Å². The molecule has 2 heterocycles. The number of hydrogen-bond acceptors (Lipinski definition) is 6. The van der Waals surface area contributed by atoms with Crippen molar-refractivity contribution in [3.8, 4) is 17.0 Å². The molecule has 6 heteroatoms. The van der Waals surface area contributed by atoms with E-state index in [-0.39, 0.29) is 0 Å². The summed E-state index contributed by atoms with van der Waals surface area (Å²) in [6.45, 7) is 8.69. The first-order chi connectivity index (χ1) is 18.2. The van der Waals surface area contributed by atoms with Crippen molar-refractivity contribution < 1.29 is 9.15 Å². The molecule has 1 saturated heterocycles. The molecule has 4 aromatic rings. The zero-order chi connectivity index (χ0) is 25.5. The Balaban J connectivity index is 1.14. The lowest BCUT2D eigenvalue weighted by atomic mass is 9.96. The van der Waals surface area contributed by atoms with E-state index < -0.39 is 0 Å². The third kappa shape index (κ3) is 6.28. The molecule has 6 nitrogen and oxygen atoms in total. The molecular weight excluding hydrogens is 460 g/mol. The molecular formula is C31H36N4O2. The average Bonchev–Trinajstić information content (AvgIpc) is 3.33. The summed E-state index contributed by atoms with van der Waals surface area (Å²) in [5, 5.41) is 3.57. The van der Waals surface area contributed by atoms with E-state index >= 15 is 0 Å². The summed E-state index contributed by atoms with van der Waals surface area (Å²) in [6.07, 6.45) is 0. The molecule has 0 saturated carbocycles. The van der Waals surface area contributed by atoms with Crippen molar-refractivity contribution in [2.75, 3.05) is 46.4 Å². The van der Waals surface area contributed by atoms with Crippen LogP contribution in [-0.2, 0) is 6.54 Å². The molecule has 0 radical (unpaired) electrons. The lowest BCUT2D eigenvalue weighted by molar-refractivity contribution is 0.110. The van der Waals surface area contributed by atoms with Crippen LogP contribution in [0.5, 0.6) is 5.75 Å². The summed E-state index contributed by atoms with van der Waals surface area (Å²) >= 11 is 0. The van der Waals surface area contributed by atoms with Crippen LogP contribution in [0.1, 0.15) is 28.8 Å². The van der Waals surface area contributed by atoms with Gasteiger partial charge in [-0.05, 0) is 23.3 Å². The predicted octanol–water partition coefficient (Wildman–Crippen LogP) is 5.16. The smallest absolute Gasteiger partial charge is 0.191 e. The lowest BCUT2D eigenvalue weighted by Gasteiger charge is -2.39. The zero-order valence-corrected chi connectivity index (χ0v) is 21.8. The number of hydrogen-bond donors (Lipinski definition) is 1. The van der Waals surface area contributed by atoms with Crippen molar-refractivity contribution in [1.29, 1.82) is 0 Å². The van der Waals surface area contributed by atoms with Gasteiger partial charge in [-0.2, -0.15) is 0 Å². The van der Waals surface area contributed by atoms with Crippen LogP contribution in [0.2, 0.25) is 0 Å². The maximum atomic E-state index is 5.92. The summed E-state index contributed by atoms with van der Waals surface area (Å²) < 4.78 is 11.3. The molecule has 5 rings (SSSR count). The van der Waals surface area contributed by atoms with Crippen LogP contribution in [0, 0.1) is 6.92 Å². The van der Waals surface area contributed by atoms with Crippen molar-refractivity contribution >= 4 is 0 Å². The van der Waals surface area contributed by atoms with E-state index in [1.165, 1.54) is 11.1 Å². The van der Waals surface area contributed by atoms with Gasteiger partial charge in [0.1, 0.15) is 17.2 Å². The Labute approximate surface area is 219 Å². The lowest BCUT2D eigenvalue weighted by Crippen LogP contribution is -2.49. The largest absolute Gasteiger partial charge is 0.497 e. The summed E-state index contributed by atoms with van der Waals surface area (Å²) in [6, 6.07) is 30.0. The number of nitrogens with one attached hydrogen (secondary N) is 1. The third-order valence-electron chi connectivity index (χ3n) is 7.04. The molecule has 1 fully saturated rings. The van der Waals surface area contributed by atoms with Gasteiger partial charge in [0, 0.05) is 51.8 Å². The normalized spacial score (nSPS) is 14.8. The monoisotopic (exact) mass is 496 g/mol. The molecule has 1 aliphatic rings. The minimum absolute atomic E-state index is 0.299. The first kappa shape index (κ1) is 25.2. The predicted molar refractivity (Wildman–Crippen MR) is 148 cm³/mol. The molecule has 192 valence electrons. The Kier molecular flexibility index (Phi) is 8.31. The Morgan fingerprint density at radius 3 is 2.22 bits per heavy atom. The van der Waals surface area contributed by atoms with Crippen LogP contribution in [-0.4, -0.2) is 61.2 Å². The Morgan fingerprint density at radius 2 is 1.57 bits per heavy atom. The van der Waals surface area contributed by atoms with E-state index in [1.807, 2.05) is 31.2 Å². The minimum atomic E-state index is 0.299. The second-order valence-corrected chi connectivity index (χ2v) is 9.51. The molecule has 0 bridgehead atoms. The van der Waals surface area contributed by atoms with E-state index in [9.17, 15) is 0 Å². The highest BCUT2D eigenvalue weighted by Crippen LogP contribution is 2.30. The maximum Gasteiger partial charge on any atom is 0.191 e. The molecule has 0 unspecified atom stereocenters. The summed E-state index contributed by atoms with van der Waals surface area (Å²) in [5.74, 6) is 2.36. The quantitative estimate of drug-likeness (QED) is 0.306. The van der Waals surface area contributed by atoms with Gasteiger partial charge < -0.3 is 14.5 Å². The van der Waals surface area contributed by atoms with Crippen LogP contribution >= 0.6 is 0 Å². The van der Waals surface area contributed by atoms with Gasteiger partial charge in [0.2, 0.25) is 0 Å². The number of nitrogens with zero attached hydrogens (tertiary/aromatic N) is 3. The van der Waals surface area contributed by atoms with Gasteiger partial charge in [-0.3, -0.25) is 9.80 Å². The SMILES string of the molecule is COc1cccc(-c2nc(C)oc2CNCCN2CCN(C(c3ccccc3)c3ccccc3)CC2)c1. The number of ether oxygens (including phenoxy) is 1. The molecule has 0 amide bonds. The standard InChI is InChI=1S/C31H36N4O2/c1-24-33-30(27-14-9-15-28(22-27)36-2)29(37-24)23-32-16-17-34-18-20-35(21-19-34)31(25-10-5-3-6-11-25)26-12-7-4-8-13-26/h3-15,22,31-32H,16-21,23H2,1-2H3. The van der Waals surface area contributed by atoms with E-state index in [2.05, 4.69) is 80.8 Å². The Bertz CT molecular complexity index is 1210. The van der Waals surface area contributed by atoms with Crippen molar-refractivity contribution in [2.45, 2.75) is 19.5 Å². The van der Waals surface area contributed by atoms with Crippen LogP contribution < -0.4 is 10.1 Å². The molecule has 0 aliphatic carbocycles. The van der Waals surface area contributed by atoms with Gasteiger partial charge in [0.25, 0.3) is 0 Å². The van der Waals surface area contributed by atoms with E-state index in [4.69, 9.17) is 9.15 Å². The Morgan fingerprint density at radius 1 is 0.892 bits per heavy atom. The van der Waals surface area contributed by atoms with E-state index in [1.54, 1.807) is 7.11 Å². The first-order valence-electron chi connectivity index (χ1n) is 13.1. The molecule has 3 aromatic carbocycles. The van der Waals surface area contributed by atoms with Crippen LogP contribution in [0.15, 0.2) is 89.3 Å². The van der Waals surface area contributed by atoms with E-state index in [0.29, 0.717) is 18.5 Å². The van der Waals surface area contributed by atoms with Gasteiger partial charge in [-0.25, -0.2) is 4.98 Å². The number of methoxy groups -OCH3 is 1. The van der Waals surface area contributed by atoms with Crippen molar-refractivity contribution in [3.63, 3.8) is 0 Å².